The predicted octanol–water partition coefficient (Wildman–Crippen LogP) is 4.26. The van der Waals surface area contributed by atoms with Crippen molar-refractivity contribution in [3.05, 3.63) is 24.3 Å². The third-order valence-electron chi connectivity index (χ3n) is 10.0. The molecule has 3 heterocycles. The minimum Gasteiger partial charge on any atom is -0.353 e. The number of carbonyl (C=O) groups excluding carboxylic acids is 2. The molecule has 0 radical (unpaired) electrons. The van der Waals surface area contributed by atoms with Crippen molar-refractivity contribution in [2.75, 3.05) is 44.2 Å². The van der Waals surface area contributed by atoms with Crippen LogP contribution in [-0.4, -0.2) is 65.3 Å². The number of rotatable bonds is 5. The van der Waals surface area contributed by atoms with Gasteiger partial charge in [0.05, 0.1) is 16.5 Å². The first-order valence-corrected chi connectivity index (χ1v) is 14.6. The van der Waals surface area contributed by atoms with Gasteiger partial charge in [0.1, 0.15) is 5.82 Å². The lowest BCUT2D eigenvalue weighted by Crippen LogP contribution is -2.49. The summed E-state index contributed by atoms with van der Waals surface area (Å²) in [5, 5.41) is 1.27. The van der Waals surface area contributed by atoms with E-state index in [9.17, 15) is 9.59 Å². The summed E-state index contributed by atoms with van der Waals surface area (Å²) in [6.45, 7) is 5.93. The summed E-state index contributed by atoms with van der Waals surface area (Å²) >= 11 is 1.60. The summed E-state index contributed by atoms with van der Waals surface area (Å²) < 4.78 is 6.02. The van der Waals surface area contributed by atoms with E-state index in [2.05, 4.69) is 34.1 Å². The largest absolute Gasteiger partial charge is 0.353 e. The average Bonchev–Trinajstić information content (AvgIpc) is 3.66. The Morgan fingerprint density at radius 1 is 0.829 bits per heavy atom. The molecule has 3 saturated carbocycles. The molecule has 2 aliphatic heterocycles. The van der Waals surface area contributed by atoms with E-state index in [1.165, 1.54) is 29.3 Å². The van der Waals surface area contributed by atoms with Crippen molar-refractivity contribution >= 4 is 39.3 Å². The molecule has 0 spiro atoms. The van der Waals surface area contributed by atoms with Crippen LogP contribution in [0.4, 0.5) is 5.82 Å². The zero-order chi connectivity index (χ0) is 23.5. The maximum atomic E-state index is 13.3. The molecular formula is C28H36N4O2S. The summed E-state index contributed by atoms with van der Waals surface area (Å²) in [5.41, 5.74) is 0. The third kappa shape index (κ3) is 3.72. The van der Waals surface area contributed by atoms with Gasteiger partial charge in [-0.05, 0) is 79.4 Å². The molecule has 0 unspecified atom stereocenters. The van der Waals surface area contributed by atoms with Gasteiger partial charge in [-0.15, -0.1) is 0 Å². The van der Waals surface area contributed by atoms with E-state index in [-0.39, 0.29) is 23.7 Å². The van der Waals surface area contributed by atoms with Crippen LogP contribution in [0, 0.1) is 35.5 Å². The van der Waals surface area contributed by atoms with Crippen LogP contribution in [0.25, 0.3) is 10.1 Å². The molecule has 0 N–H and O–H groups in total. The molecule has 6 nitrogen and oxygen atoms in total. The van der Waals surface area contributed by atoms with Crippen molar-refractivity contribution in [3.63, 3.8) is 0 Å². The van der Waals surface area contributed by atoms with Crippen molar-refractivity contribution in [1.29, 1.82) is 0 Å². The van der Waals surface area contributed by atoms with Gasteiger partial charge in [-0.2, -0.15) is 4.37 Å². The van der Waals surface area contributed by atoms with Gasteiger partial charge < -0.3 is 4.90 Å². The number of hydrogen-bond donors (Lipinski definition) is 0. The molecule has 2 aromatic rings. The number of nitrogens with zero attached hydrogens (tertiary/aromatic N) is 4. The van der Waals surface area contributed by atoms with Crippen LogP contribution in [0.1, 0.15) is 44.9 Å². The summed E-state index contributed by atoms with van der Waals surface area (Å²) in [6, 6.07) is 8.54. The van der Waals surface area contributed by atoms with E-state index in [1.54, 1.807) is 16.4 Å². The molecular weight excluding hydrogens is 456 g/mol. The standard InChI is InChI=1S/C28H36N4O2S/c33-27-24-18-9-10-19(15-18)25(24)28(34)32(27)17-21-6-2-1-5-20(21)16-30-11-13-31(14-12-30)26-22-7-3-4-8-23(22)35-29-26/h3-4,7-8,18-21,24-25H,1-2,5-6,9-17H2/t18-,19+,20-,21+,24+,25-/m0/s1. The van der Waals surface area contributed by atoms with Gasteiger partial charge in [0.2, 0.25) is 11.8 Å². The number of hydrogen-bond acceptors (Lipinski definition) is 6. The molecule has 6 atom stereocenters. The fourth-order valence-electron chi connectivity index (χ4n) is 8.22. The molecule has 3 aliphatic carbocycles. The molecule has 35 heavy (non-hydrogen) atoms. The van der Waals surface area contributed by atoms with Crippen LogP contribution in [0.3, 0.4) is 0 Å². The van der Waals surface area contributed by atoms with Crippen molar-refractivity contribution in [1.82, 2.24) is 14.2 Å². The minimum absolute atomic E-state index is 0.0261. The Kier molecular flexibility index (Phi) is 5.61. The average molecular weight is 493 g/mol. The third-order valence-corrected chi connectivity index (χ3v) is 10.8. The Hall–Kier alpha value is -1.99. The molecule has 1 aromatic heterocycles. The Morgan fingerprint density at radius 3 is 2.20 bits per heavy atom. The highest BCUT2D eigenvalue weighted by atomic mass is 32.1. The van der Waals surface area contributed by atoms with E-state index in [0.29, 0.717) is 30.2 Å². The Morgan fingerprint density at radius 2 is 1.49 bits per heavy atom. The van der Waals surface area contributed by atoms with E-state index in [0.717, 1.165) is 64.2 Å². The summed E-state index contributed by atoms with van der Waals surface area (Å²) in [5.74, 6) is 3.59. The quantitative estimate of drug-likeness (QED) is 0.584. The van der Waals surface area contributed by atoms with Crippen LogP contribution in [-0.2, 0) is 9.59 Å². The predicted molar refractivity (Wildman–Crippen MR) is 138 cm³/mol. The van der Waals surface area contributed by atoms with Crippen LogP contribution < -0.4 is 4.90 Å². The van der Waals surface area contributed by atoms with E-state index >= 15 is 0 Å². The van der Waals surface area contributed by atoms with E-state index in [1.807, 2.05) is 0 Å². The number of fused-ring (bicyclic) bond motifs is 6. The van der Waals surface area contributed by atoms with Crippen molar-refractivity contribution in [2.24, 2.45) is 35.5 Å². The topological polar surface area (TPSA) is 56.8 Å². The highest BCUT2D eigenvalue weighted by Gasteiger charge is 2.61. The monoisotopic (exact) mass is 492 g/mol. The fraction of sp³-hybridized carbons (Fsp3) is 0.679. The van der Waals surface area contributed by atoms with Crippen molar-refractivity contribution in [2.45, 2.75) is 44.9 Å². The lowest BCUT2D eigenvalue weighted by molar-refractivity contribution is -0.142. The maximum Gasteiger partial charge on any atom is 0.233 e. The highest BCUT2D eigenvalue weighted by molar-refractivity contribution is 7.13. The number of anilines is 1. The molecule has 5 aliphatic rings. The van der Waals surface area contributed by atoms with E-state index in [4.69, 9.17) is 4.37 Å². The number of carbonyl (C=O) groups is 2. The number of aromatic nitrogens is 1. The molecule has 7 heteroatoms. The Labute approximate surface area is 211 Å². The minimum atomic E-state index is 0.0261. The Balaban J connectivity index is 0.986. The van der Waals surface area contributed by atoms with Crippen molar-refractivity contribution < 1.29 is 9.59 Å². The first-order chi connectivity index (χ1) is 17.2. The smallest absolute Gasteiger partial charge is 0.233 e. The molecule has 2 bridgehead atoms. The van der Waals surface area contributed by atoms with Gasteiger partial charge in [-0.25, -0.2) is 0 Å². The van der Waals surface area contributed by atoms with Gasteiger partial charge >= 0.3 is 0 Å². The van der Waals surface area contributed by atoms with E-state index < -0.39 is 0 Å². The first kappa shape index (κ1) is 22.2. The molecule has 2 amide bonds. The van der Waals surface area contributed by atoms with Crippen LogP contribution in [0.5, 0.6) is 0 Å². The molecule has 5 fully saturated rings. The maximum absolute atomic E-state index is 13.3. The number of piperazine rings is 1. The second-order valence-corrected chi connectivity index (χ2v) is 12.6. The second kappa shape index (κ2) is 8.84. The number of likely N-dealkylation sites (tertiary alicyclic amines) is 1. The zero-order valence-corrected chi connectivity index (χ0v) is 21.3. The SMILES string of the molecule is O=C1[C@@H]2[C@H]3CC[C@H](C3)[C@@H]2C(=O)N1C[C@H]1CCCC[C@H]1CN1CCN(c2nsc3ccccc23)CC1. The highest BCUT2D eigenvalue weighted by Crippen LogP contribution is 2.56. The number of benzene rings is 1. The molecule has 1 aromatic carbocycles. The van der Waals surface area contributed by atoms with Crippen LogP contribution in [0.15, 0.2) is 24.3 Å². The van der Waals surface area contributed by atoms with Gasteiger partial charge in [0, 0.05) is 44.7 Å². The molecule has 2 saturated heterocycles. The normalized spacial score (nSPS) is 35.4. The van der Waals surface area contributed by atoms with Gasteiger partial charge in [-0.3, -0.25) is 19.4 Å². The van der Waals surface area contributed by atoms with Gasteiger partial charge in [-0.1, -0.05) is 25.0 Å². The first-order valence-electron chi connectivity index (χ1n) is 13.8. The Bertz CT molecular complexity index is 1100. The fourth-order valence-corrected chi connectivity index (χ4v) is 9.02. The number of amides is 2. The van der Waals surface area contributed by atoms with Crippen molar-refractivity contribution in [3.8, 4) is 0 Å². The van der Waals surface area contributed by atoms with Crippen LogP contribution >= 0.6 is 11.5 Å². The van der Waals surface area contributed by atoms with Crippen LogP contribution in [0.2, 0.25) is 0 Å². The second-order valence-electron chi connectivity index (χ2n) is 11.8. The molecule has 186 valence electrons. The summed E-state index contributed by atoms with van der Waals surface area (Å²) in [7, 11) is 0. The summed E-state index contributed by atoms with van der Waals surface area (Å²) in [6.07, 6.45) is 8.35. The van der Waals surface area contributed by atoms with Gasteiger partial charge in [0.15, 0.2) is 0 Å². The number of imide groups is 1. The summed E-state index contributed by atoms with van der Waals surface area (Å²) in [4.78, 5) is 33.4. The lowest BCUT2D eigenvalue weighted by Gasteiger charge is -2.40. The van der Waals surface area contributed by atoms with Gasteiger partial charge in [0.25, 0.3) is 0 Å². The molecule has 7 rings (SSSR count). The zero-order valence-electron chi connectivity index (χ0n) is 20.5. The lowest BCUT2D eigenvalue weighted by atomic mass is 9.78.